The molecule has 0 aromatic heterocycles. The fraction of sp³-hybridized carbons (Fsp3) is 0.222. The van der Waals surface area contributed by atoms with Crippen molar-refractivity contribution in [3.8, 4) is 17.2 Å². The van der Waals surface area contributed by atoms with E-state index in [1.165, 1.54) is 0 Å². The number of hydrogen-bond donors (Lipinski definition) is 0. The number of nitro groups is 1. The molecule has 0 atom stereocenters. The first-order valence-electron chi connectivity index (χ1n) is 7.23. The first-order chi connectivity index (χ1) is 11.5. The summed E-state index contributed by atoms with van der Waals surface area (Å²) in [6.07, 6.45) is 3.63. The van der Waals surface area contributed by atoms with Gasteiger partial charge in [-0.2, -0.15) is 0 Å². The van der Waals surface area contributed by atoms with Crippen LogP contribution in [0.2, 0.25) is 0 Å². The van der Waals surface area contributed by atoms with Crippen molar-refractivity contribution in [2.45, 2.75) is 6.92 Å². The van der Waals surface area contributed by atoms with Crippen LogP contribution in [0.1, 0.15) is 16.7 Å². The zero-order valence-corrected chi connectivity index (χ0v) is 14.0. The molecular formula is C18H19NO5. The van der Waals surface area contributed by atoms with E-state index in [9.17, 15) is 10.1 Å². The summed E-state index contributed by atoms with van der Waals surface area (Å²) in [5.74, 6) is 1.61. The highest BCUT2D eigenvalue weighted by molar-refractivity contribution is 5.73. The molecule has 0 spiro atoms. The van der Waals surface area contributed by atoms with E-state index in [1.54, 1.807) is 58.6 Å². The third kappa shape index (κ3) is 3.65. The van der Waals surface area contributed by atoms with Crippen molar-refractivity contribution in [3.05, 3.63) is 57.1 Å². The van der Waals surface area contributed by atoms with Gasteiger partial charge in [0.15, 0.2) is 11.5 Å². The minimum absolute atomic E-state index is 0.0991. The van der Waals surface area contributed by atoms with E-state index in [1.807, 2.05) is 12.1 Å². The molecule has 0 unspecified atom stereocenters. The maximum Gasteiger partial charge on any atom is 0.272 e. The van der Waals surface area contributed by atoms with Crippen LogP contribution in [0.4, 0.5) is 5.69 Å². The van der Waals surface area contributed by atoms with Crippen LogP contribution in [-0.4, -0.2) is 26.3 Å². The van der Waals surface area contributed by atoms with Crippen LogP contribution in [0.5, 0.6) is 17.2 Å². The van der Waals surface area contributed by atoms with Gasteiger partial charge in [0.2, 0.25) is 5.75 Å². The number of rotatable bonds is 6. The van der Waals surface area contributed by atoms with Crippen molar-refractivity contribution >= 4 is 17.8 Å². The Bertz CT molecular complexity index is 758. The number of methoxy groups -OCH3 is 3. The second-order valence-corrected chi connectivity index (χ2v) is 5.10. The monoisotopic (exact) mass is 329 g/mol. The second kappa shape index (κ2) is 7.50. The van der Waals surface area contributed by atoms with Crippen molar-refractivity contribution in [1.29, 1.82) is 0 Å². The minimum Gasteiger partial charge on any atom is -0.493 e. The Labute approximate surface area is 140 Å². The van der Waals surface area contributed by atoms with E-state index >= 15 is 0 Å². The van der Waals surface area contributed by atoms with Gasteiger partial charge in [-0.25, -0.2) is 0 Å². The van der Waals surface area contributed by atoms with Gasteiger partial charge >= 0.3 is 0 Å². The van der Waals surface area contributed by atoms with E-state index in [4.69, 9.17) is 14.2 Å². The van der Waals surface area contributed by atoms with Crippen LogP contribution >= 0.6 is 0 Å². The van der Waals surface area contributed by atoms with E-state index in [0.717, 1.165) is 11.1 Å². The van der Waals surface area contributed by atoms with E-state index in [2.05, 4.69) is 0 Å². The van der Waals surface area contributed by atoms with Gasteiger partial charge in [0.1, 0.15) is 0 Å². The fourth-order valence-electron chi connectivity index (χ4n) is 2.32. The van der Waals surface area contributed by atoms with Gasteiger partial charge in [0, 0.05) is 11.6 Å². The lowest BCUT2D eigenvalue weighted by atomic mass is 10.1. The lowest BCUT2D eigenvalue weighted by Crippen LogP contribution is -1.95. The summed E-state index contributed by atoms with van der Waals surface area (Å²) in [5, 5.41) is 11.0. The molecule has 24 heavy (non-hydrogen) atoms. The molecule has 2 aromatic rings. The normalized spacial score (nSPS) is 10.7. The lowest BCUT2D eigenvalue weighted by Gasteiger charge is -2.12. The molecule has 0 aliphatic carbocycles. The largest absolute Gasteiger partial charge is 0.493 e. The molecule has 0 bridgehead atoms. The predicted octanol–water partition coefficient (Wildman–Crippen LogP) is 4.10. The SMILES string of the molecule is COc1cc(C=Cc2ccc(C)c([N+](=O)[O-])c2)cc(OC)c1OC. The molecule has 0 saturated heterocycles. The number of benzene rings is 2. The molecule has 0 heterocycles. The van der Waals surface area contributed by atoms with E-state index < -0.39 is 0 Å². The Morgan fingerprint density at radius 3 is 2.00 bits per heavy atom. The highest BCUT2D eigenvalue weighted by Gasteiger charge is 2.12. The molecule has 126 valence electrons. The smallest absolute Gasteiger partial charge is 0.272 e. The summed E-state index contributed by atoms with van der Waals surface area (Å²) in [6, 6.07) is 8.72. The van der Waals surface area contributed by atoms with Crippen molar-refractivity contribution in [2.24, 2.45) is 0 Å². The van der Waals surface area contributed by atoms with Crippen molar-refractivity contribution in [3.63, 3.8) is 0 Å². The average molecular weight is 329 g/mol. The number of ether oxygens (including phenoxy) is 3. The maximum absolute atomic E-state index is 11.0. The van der Waals surface area contributed by atoms with Gasteiger partial charge in [0.25, 0.3) is 5.69 Å². The van der Waals surface area contributed by atoms with Crippen LogP contribution in [0.15, 0.2) is 30.3 Å². The molecule has 0 radical (unpaired) electrons. The van der Waals surface area contributed by atoms with Gasteiger partial charge in [-0.3, -0.25) is 10.1 Å². The number of nitrogens with zero attached hydrogens (tertiary/aromatic N) is 1. The van der Waals surface area contributed by atoms with Crippen LogP contribution in [0, 0.1) is 17.0 Å². The molecule has 0 fully saturated rings. The van der Waals surface area contributed by atoms with E-state index in [0.29, 0.717) is 22.8 Å². The predicted molar refractivity (Wildman–Crippen MR) is 92.9 cm³/mol. The first kappa shape index (κ1) is 17.3. The minimum atomic E-state index is -0.383. The molecule has 0 N–H and O–H groups in total. The van der Waals surface area contributed by atoms with Gasteiger partial charge in [-0.05, 0) is 30.2 Å². The molecule has 0 amide bonds. The quantitative estimate of drug-likeness (QED) is 0.453. The molecule has 0 aliphatic heterocycles. The van der Waals surface area contributed by atoms with Crippen LogP contribution in [0.3, 0.4) is 0 Å². The Hall–Kier alpha value is -3.02. The number of hydrogen-bond acceptors (Lipinski definition) is 5. The highest BCUT2D eigenvalue weighted by Crippen LogP contribution is 2.38. The van der Waals surface area contributed by atoms with Gasteiger partial charge in [-0.15, -0.1) is 0 Å². The standard InChI is InChI=1S/C18H19NO5/c1-12-5-6-13(9-15(12)19(20)21)7-8-14-10-16(22-2)18(24-4)17(11-14)23-3/h5-11H,1-4H3. The molecular weight excluding hydrogens is 310 g/mol. The first-order valence-corrected chi connectivity index (χ1v) is 7.23. The van der Waals surface area contributed by atoms with Crippen molar-refractivity contribution in [1.82, 2.24) is 0 Å². The summed E-state index contributed by atoms with van der Waals surface area (Å²) in [7, 11) is 4.64. The summed E-state index contributed by atoms with van der Waals surface area (Å²) < 4.78 is 15.9. The molecule has 0 aliphatic rings. The van der Waals surface area contributed by atoms with Crippen molar-refractivity contribution < 1.29 is 19.1 Å². The number of aryl methyl sites for hydroxylation is 1. The second-order valence-electron chi connectivity index (χ2n) is 5.10. The maximum atomic E-state index is 11.0. The van der Waals surface area contributed by atoms with E-state index in [-0.39, 0.29) is 10.6 Å². The van der Waals surface area contributed by atoms with Gasteiger partial charge in [0.05, 0.1) is 26.3 Å². The van der Waals surface area contributed by atoms with Gasteiger partial charge in [-0.1, -0.05) is 24.3 Å². The number of nitro benzene ring substituents is 1. The third-order valence-corrected chi connectivity index (χ3v) is 3.59. The molecule has 2 aromatic carbocycles. The molecule has 0 saturated carbocycles. The van der Waals surface area contributed by atoms with Crippen LogP contribution in [-0.2, 0) is 0 Å². The van der Waals surface area contributed by atoms with Gasteiger partial charge < -0.3 is 14.2 Å². The summed E-state index contributed by atoms with van der Waals surface area (Å²) in [6.45, 7) is 1.71. The van der Waals surface area contributed by atoms with Crippen LogP contribution < -0.4 is 14.2 Å². The summed E-state index contributed by atoms with van der Waals surface area (Å²) in [4.78, 5) is 10.6. The molecule has 6 nitrogen and oxygen atoms in total. The highest BCUT2D eigenvalue weighted by atomic mass is 16.6. The zero-order chi connectivity index (χ0) is 17.7. The Morgan fingerprint density at radius 1 is 0.917 bits per heavy atom. The average Bonchev–Trinajstić information content (AvgIpc) is 2.59. The zero-order valence-electron chi connectivity index (χ0n) is 14.0. The van der Waals surface area contributed by atoms with Crippen molar-refractivity contribution in [2.75, 3.05) is 21.3 Å². The Morgan fingerprint density at radius 2 is 1.50 bits per heavy atom. The topological polar surface area (TPSA) is 70.8 Å². The third-order valence-electron chi connectivity index (χ3n) is 3.59. The molecule has 2 rings (SSSR count). The summed E-state index contributed by atoms with van der Waals surface area (Å²) in [5.41, 5.74) is 2.29. The van der Waals surface area contributed by atoms with Crippen LogP contribution in [0.25, 0.3) is 12.2 Å². The fourth-order valence-corrected chi connectivity index (χ4v) is 2.32. The Balaban J connectivity index is 2.39. The Kier molecular flexibility index (Phi) is 5.42. The lowest BCUT2D eigenvalue weighted by molar-refractivity contribution is -0.385. The summed E-state index contributed by atoms with van der Waals surface area (Å²) >= 11 is 0. The molecule has 6 heteroatoms.